The van der Waals surface area contributed by atoms with Crippen LogP contribution in [0.3, 0.4) is 0 Å². The van der Waals surface area contributed by atoms with Crippen LogP contribution >= 0.6 is 0 Å². The summed E-state index contributed by atoms with van der Waals surface area (Å²) < 4.78 is 61.4. The number of halogens is 3. The van der Waals surface area contributed by atoms with Gasteiger partial charge in [-0.05, 0) is 36.6 Å². The molecule has 0 spiro atoms. The third-order valence-electron chi connectivity index (χ3n) is 5.15. The smallest absolute Gasteiger partial charge is 0.372 e. The second-order valence-corrected chi connectivity index (χ2v) is 9.49. The normalized spacial score (nSPS) is 16.8. The number of alkyl halides is 3. The molecule has 0 aromatic heterocycles. The fourth-order valence-corrected chi connectivity index (χ4v) is 4.03. The number of benzene rings is 1. The molecule has 2 rings (SSSR count). The van der Waals surface area contributed by atoms with Crippen LogP contribution in [0.5, 0.6) is 0 Å². The lowest BCUT2D eigenvalue weighted by molar-refractivity contribution is -0.0425. The van der Waals surface area contributed by atoms with Crippen molar-refractivity contribution in [3.05, 3.63) is 64.6 Å². The monoisotopic (exact) mass is 467 g/mol. The highest BCUT2D eigenvalue weighted by molar-refractivity contribution is 7.96. The molecule has 1 atom stereocenters. The SMILES string of the molecule is CCCCN(CCCC)c1ccc(C=CC2C=CC(S(=O)(=O)C(F)(F)F)=CC2=[N+]=[N-])cc1. The van der Waals surface area contributed by atoms with Gasteiger partial charge in [-0.3, -0.25) is 0 Å². The maximum atomic E-state index is 12.8. The quantitative estimate of drug-likeness (QED) is 0.323. The number of unbranched alkanes of at least 4 members (excludes halogenated alkanes) is 2. The average molecular weight is 468 g/mol. The summed E-state index contributed by atoms with van der Waals surface area (Å²) in [6.45, 7) is 6.30. The Morgan fingerprint density at radius 1 is 1.09 bits per heavy atom. The molecule has 0 fully saturated rings. The van der Waals surface area contributed by atoms with Crippen LogP contribution in [0.1, 0.15) is 45.1 Å². The standard InChI is InChI=1S/C23H28F3N3O2S/c1-3-5-15-29(16-6-4-2)20-12-8-18(9-13-20)7-10-19-11-14-21(17-22(19)28-27)32(30,31)23(24,25)26/h7-14,17,19H,3-6,15-16H2,1-2H3. The van der Waals surface area contributed by atoms with Crippen LogP contribution in [0, 0.1) is 5.92 Å². The van der Waals surface area contributed by atoms with Gasteiger partial charge in [0, 0.05) is 24.9 Å². The van der Waals surface area contributed by atoms with Gasteiger partial charge in [0.2, 0.25) is 0 Å². The van der Waals surface area contributed by atoms with Crippen LogP contribution in [0.25, 0.3) is 11.6 Å². The van der Waals surface area contributed by atoms with Crippen molar-refractivity contribution >= 4 is 27.3 Å². The summed E-state index contributed by atoms with van der Waals surface area (Å²) in [4.78, 5) is 4.38. The summed E-state index contributed by atoms with van der Waals surface area (Å²) >= 11 is 0. The molecule has 9 heteroatoms. The van der Waals surface area contributed by atoms with Crippen LogP contribution in [0.15, 0.2) is 53.5 Å². The Morgan fingerprint density at radius 3 is 2.19 bits per heavy atom. The van der Waals surface area contributed by atoms with Crippen LogP contribution in [0.4, 0.5) is 18.9 Å². The fourth-order valence-electron chi connectivity index (χ4n) is 3.23. The van der Waals surface area contributed by atoms with E-state index in [2.05, 4.69) is 23.5 Å². The van der Waals surface area contributed by atoms with E-state index in [0.717, 1.165) is 62.2 Å². The maximum Gasteiger partial charge on any atom is 0.501 e. The molecule has 1 aromatic rings. The van der Waals surface area contributed by atoms with E-state index < -0.39 is 26.2 Å². The molecule has 0 saturated heterocycles. The van der Waals surface area contributed by atoms with Gasteiger partial charge in [-0.1, -0.05) is 57.0 Å². The molecular weight excluding hydrogens is 439 g/mol. The number of sulfone groups is 1. The van der Waals surface area contributed by atoms with Gasteiger partial charge in [0.25, 0.3) is 9.84 Å². The number of hydrogen-bond acceptors (Lipinski definition) is 3. The highest BCUT2D eigenvalue weighted by atomic mass is 32.2. The van der Waals surface area contributed by atoms with E-state index >= 15 is 0 Å². The first kappa shape index (κ1) is 25.6. The lowest BCUT2D eigenvalue weighted by atomic mass is 9.97. The predicted octanol–water partition coefficient (Wildman–Crippen LogP) is 5.78. The maximum absolute atomic E-state index is 12.8. The molecule has 1 aliphatic carbocycles. The second kappa shape index (κ2) is 11.3. The molecule has 0 aliphatic heterocycles. The van der Waals surface area contributed by atoms with Gasteiger partial charge in [-0.25, -0.2) is 8.42 Å². The van der Waals surface area contributed by atoms with Crippen molar-refractivity contribution in [2.24, 2.45) is 5.92 Å². The lowest BCUT2D eigenvalue weighted by Gasteiger charge is -2.24. The summed E-state index contributed by atoms with van der Waals surface area (Å²) in [5.41, 5.74) is 5.56. The van der Waals surface area contributed by atoms with E-state index in [9.17, 15) is 27.1 Å². The topological polar surface area (TPSA) is 73.8 Å². The predicted molar refractivity (Wildman–Crippen MR) is 122 cm³/mol. The van der Waals surface area contributed by atoms with Crippen LogP contribution < -0.4 is 4.90 Å². The summed E-state index contributed by atoms with van der Waals surface area (Å²) in [6, 6.07) is 7.93. The number of nitrogens with zero attached hydrogens (tertiary/aromatic N) is 3. The zero-order valence-corrected chi connectivity index (χ0v) is 19.0. The van der Waals surface area contributed by atoms with E-state index in [-0.39, 0.29) is 5.71 Å². The van der Waals surface area contributed by atoms with Crippen LogP contribution in [0.2, 0.25) is 0 Å². The Labute approximate surface area is 187 Å². The molecule has 0 amide bonds. The van der Waals surface area contributed by atoms with Crippen molar-refractivity contribution in [1.29, 1.82) is 0 Å². The molecule has 1 aliphatic rings. The van der Waals surface area contributed by atoms with Gasteiger partial charge < -0.3 is 10.4 Å². The molecular formula is C23H28F3N3O2S. The summed E-state index contributed by atoms with van der Waals surface area (Å²) in [5, 5.41) is 0. The minimum absolute atomic E-state index is 0.187. The Bertz CT molecular complexity index is 1010. The minimum Gasteiger partial charge on any atom is -0.372 e. The zero-order chi connectivity index (χ0) is 23.8. The lowest BCUT2D eigenvalue weighted by Crippen LogP contribution is -2.26. The van der Waals surface area contributed by atoms with Gasteiger partial charge in [0.15, 0.2) is 0 Å². The molecule has 0 radical (unpaired) electrons. The first-order valence-corrected chi connectivity index (χ1v) is 12.1. The van der Waals surface area contributed by atoms with Gasteiger partial charge in [-0.2, -0.15) is 18.0 Å². The van der Waals surface area contributed by atoms with Gasteiger partial charge >= 0.3 is 11.2 Å². The highest BCUT2D eigenvalue weighted by Crippen LogP contribution is 2.32. The van der Waals surface area contributed by atoms with E-state index in [4.69, 9.17) is 0 Å². The van der Waals surface area contributed by atoms with Crippen LogP contribution in [-0.2, 0) is 9.84 Å². The highest BCUT2D eigenvalue weighted by Gasteiger charge is 2.48. The Kier molecular flexibility index (Phi) is 9.04. The van der Waals surface area contributed by atoms with Crippen molar-refractivity contribution in [3.63, 3.8) is 0 Å². The number of hydrogen-bond donors (Lipinski definition) is 0. The van der Waals surface area contributed by atoms with Crippen molar-refractivity contribution in [1.82, 2.24) is 0 Å². The van der Waals surface area contributed by atoms with E-state index in [1.54, 1.807) is 12.2 Å². The van der Waals surface area contributed by atoms with Crippen molar-refractivity contribution < 1.29 is 26.4 Å². The summed E-state index contributed by atoms with van der Waals surface area (Å²) in [7, 11) is -5.51. The molecule has 5 nitrogen and oxygen atoms in total. The molecule has 0 bridgehead atoms. The Balaban J connectivity index is 2.15. The van der Waals surface area contributed by atoms with Gasteiger partial charge in [0.05, 0.1) is 10.8 Å². The zero-order valence-electron chi connectivity index (χ0n) is 18.2. The number of allylic oxidation sites excluding steroid dienone is 4. The third-order valence-corrected chi connectivity index (χ3v) is 6.63. The molecule has 0 N–H and O–H groups in total. The average Bonchev–Trinajstić information content (AvgIpc) is 2.77. The van der Waals surface area contributed by atoms with E-state index in [1.807, 2.05) is 24.3 Å². The Hall–Kier alpha value is -2.64. The van der Waals surface area contributed by atoms with Gasteiger partial charge in [-0.15, -0.1) is 0 Å². The molecule has 0 saturated carbocycles. The van der Waals surface area contributed by atoms with E-state index in [0.29, 0.717) is 0 Å². The number of anilines is 1. The molecule has 0 heterocycles. The molecule has 32 heavy (non-hydrogen) atoms. The van der Waals surface area contributed by atoms with E-state index in [1.165, 1.54) is 6.08 Å². The summed E-state index contributed by atoms with van der Waals surface area (Å²) in [5.74, 6) is -0.655. The first-order valence-electron chi connectivity index (χ1n) is 10.6. The second-order valence-electron chi connectivity index (χ2n) is 7.55. The van der Waals surface area contributed by atoms with Crippen molar-refractivity contribution in [2.75, 3.05) is 18.0 Å². The molecule has 174 valence electrons. The largest absolute Gasteiger partial charge is 0.501 e. The van der Waals surface area contributed by atoms with Crippen molar-refractivity contribution in [3.8, 4) is 0 Å². The van der Waals surface area contributed by atoms with Crippen LogP contribution in [-0.4, -0.2) is 37.5 Å². The molecule has 1 aromatic carbocycles. The summed E-state index contributed by atoms with van der Waals surface area (Å²) in [6.07, 6.45) is 10.7. The Morgan fingerprint density at radius 2 is 1.69 bits per heavy atom. The number of rotatable bonds is 10. The van der Waals surface area contributed by atoms with Crippen molar-refractivity contribution in [2.45, 2.75) is 45.0 Å². The fraction of sp³-hybridized carbons (Fsp3) is 0.435. The molecule has 1 unspecified atom stereocenters. The third kappa shape index (κ3) is 6.43. The minimum atomic E-state index is -5.51. The first-order chi connectivity index (χ1) is 15.1. The van der Waals surface area contributed by atoms with Gasteiger partial charge in [0.1, 0.15) is 0 Å².